The maximum atomic E-state index is 12.5. The molecule has 6 rings (SSSR count). The Morgan fingerprint density at radius 3 is 2.28 bits per heavy atom. The highest BCUT2D eigenvalue weighted by atomic mass is 16.5. The number of nitriles is 1. The van der Waals surface area contributed by atoms with Crippen LogP contribution in [-0.4, -0.2) is 56.2 Å². The van der Waals surface area contributed by atoms with Crippen LogP contribution in [0.2, 0.25) is 0 Å². The Hall–Kier alpha value is -4.68. The summed E-state index contributed by atoms with van der Waals surface area (Å²) < 4.78 is 30.4. The van der Waals surface area contributed by atoms with E-state index in [4.69, 9.17) is 23.7 Å². The van der Waals surface area contributed by atoms with Gasteiger partial charge in [0.15, 0.2) is 23.0 Å². The Morgan fingerprint density at radius 2 is 1.67 bits per heavy atom. The van der Waals surface area contributed by atoms with Gasteiger partial charge in [-0.1, -0.05) is 43.3 Å². The molecule has 0 aliphatic carbocycles. The number of fused-ring (bicyclic) bond motifs is 7. The number of esters is 1. The van der Waals surface area contributed by atoms with Gasteiger partial charge in [-0.3, -0.25) is 9.69 Å². The predicted octanol–water partition coefficient (Wildman–Crippen LogP) is 6.44. The predicted molar refractivity (Wildman–Crippen MR) is 174 cm³/mol. The summed E-state index contributed by atoms with van der Waals surface area (Å²) in [6.45, 7) is 7.78. The lowest BCUT2D eigenvalue weighted by molar-refractivity contribution is -0.131. The van der Waals surface area contributed by atoms with Crippen LogP contribution in [0.1, 0.15) is 71.3 Å². The van der Waals surface area contributed by atoms with Crippen molar-refractivity contribution in [2.75, 3.05) is 28.4 Å². The lowest BCUT2D eigenvalue weighted by atomic mass is 9.75. The average Bonchev–Trinajstić information content (AvgIpc) is 3.04. The molecule has 3 heterocycles. The topological polar surface area (TPSA) is 93.5 Å². The molecule has 1 saturated heterocycles. The number of likely N-dealkylation sites (N-methyl/N-ethyl adjacent to an activating group) is 1. The van der Waals surface area contributed by atoms with Gasteiger partial charge in [0.25, 0.3) is 0 Å². The first-order valence-corrected chi connectivity index (χ1v) is 15.7. The van der Waals surface area contributed by atoms with Crippen molar-refractivity contribution in [3.63, 3.8) is 0 Å². The SMILES string of the molecule is CC[C@H]1c2c(c(OC(C)=O)c(C)c(OC)c2OC)C=C2[C@@H]3c4c(cc(C)c(OC)c4OCc4ccccc4)C[C@@H]([C@H](C#N)N21)N3C. The van der Waals surface area contributed by atoms with E-state index >= 15 is 0 Å². The molecule has 0 spiro atoms. The van der Waals surface area contributed by atoms with Crippen molar-refractivity contribution in [3.05, 3.63) is 81.0 Å². The Bertz CT molecular complexity index is 1760. The molecular weight excluding hydrogens is 582 g/mol. The van der Waals surface area contributed by atoms with Gasteiger partial charge in [0, 0.05) is 40.9 Å². The van der Waals surface area contributed by atoms with Gasteiger partial charge < -0.3 is 28.6 Å². The number of carbonyl (C=O) groups is 1. The third-order valence-electron chi connectivity index (χ3n) is 9.65. The zero-order valence-electron chi connectivity index (χ0n) is 27.8. The Kier molecular flexibility index (Phi) is 8.34. The van der Waals surface area contributed by atoms with E-state index in [0.29, 0.717) is 53.8 Å². The van der Waals surface area contributed by atoms with Crippen molar-refractivity contribution < 1.29 is 28.5 Å². The lowest BCUT2D eigenvalue weighted by Gasteiger charge is -2.57. The first-order chi connectivity index (χ1) is 22.2. The zero-order chi connectivity index (χ0) is 32.9. The van der Waals surface area contributed by atoms with Gasteiger partial charge in [0.05, 0.1) is 39.5 Å². The van der Waals surface area contributed by atoms with Crippen LogP contribution in [0.5, 0.6) is 28.7 Å². The molecule has 3 aliphatic rings. The maximum absolute atomic E-state index is 12.5. The molecule has 0 unspecified atom stereocenters. The summed E-state index contributed by atoms with van der Waals surface area (Å²) in [5, 5.41) is 10.8. The number of nitrogens with zero attached hydrogens (tertiary/aromatic N) is 3. The van der Waals surface area contributed by atoms with Crippen LogP contribution in [0.4, 0.5) is 0 Å². The summed E-state index contributed by atoms with van der Waals surface area (Å²) in [7, 11) is 6.96. The fourth-order valence-electron chi connectivity index (χ4n) is 7.79. The van der Waals surface area contributed by atoms with Crippen molar-refractivity contribution in [2.24, 2.45) is 0 Å². The van der Waals surface area contributed by atoms with Gasteiger partial charge in [-0.25, -0.2) is 0 Å². The largest absolute Gasteiger partial charge is 0.493 e. The number of carbonyl (C=O) groups excluding carboxylic acids is 1. The van der Waals surface area contributed by atoms with Gasteiger partial charge >= 0.3 is 5.97 Å². The fraction of sp³-hybridized carbons (Fsp3) is 0.405. The molecule has 2 bridgehead atoms. The number of aryl methyl sites for hydroxylation is 1. The van der Waals surface area contributed by atoms with E-state index < -0.39 is 12.0 Å². The summed E-state index contributed by atoms with van der Waals surface area (Å²) in [6.07, 6.45) is 3.42. The van der Waals surface area contributed by atoms with Crippen molar-refractivity contribution in [1.82, 2.24) is 9.80 Å². The minimum atomic E-state index is -0.455. The van der Waals surface area contributed by atoms with Crippen molar-refractivity contribution in [1.29, 1.82) is 5.26 Å². The van der Waals surface area contributed by atoms with Gasteiger partial charge in [-0.05, 0) is 56.5 Å². The second kappa shape index (κ2) is 12.3. The quantitative estimate of drug-likeness (QED) is 0.207. The number of benzene rings is 3. The van der Waals surface area contributed by atoms with Crippen LogP contribution < -0.4 is 23.7 Å². The number of piperazine rings is 1. The van der Waals surface area contributed by atoms with Crippen molar-refractivity contribution in [3.8, 4) is 34.8 Å². The normalized spacial score (nSPS) is 21.2. The number of ether oxygens (including phenoxy) is 5. The van der Waals surface area contributed by atoms with E-state index in [0.717, 1.165) is 39.1 Å². The lowest BCUT2D eigenvalue weighted by Crippen LogP contribution is -2.61. The molecular formula is C37H41N3O6. The van der Waals surface area contributed by atoms with Crippen LogP contribution in [-0.2, 0) is 17.8 Å². The summed E-state index contributed by atoms with van der Waals surface area (Å²) in [5.74, 6) is 2.50. The maximum Gasteiger partial charge on any atom is 0.308 e. The number of rotatable bonds is 8. The first kappa shape index (κ1) is 31.3. The van der Waals surface area contributed by atoms with E-state index in [9.17, 15) is 10.1 Å². The highest BCUT2D eigenvalue weighted by molar-refractivity contribution is 5.80. The third kappa shape index (κ3) is 4.74. The Balaban J connectivity index is 1.65. The average molecular weight is 624 g/mol. The fourth-order valence-corrected chi connectivity index (χ4v) is 7.79. The molecule has 3 aromatic carbocycles. The molecule has 0 aromatic heterocycles. The molecule has 46 heavy (non-hydrogen) atoms. The molecule has 0 radical (unpaired) electrons. The molecule has 0 saturated carbocycles. The standard InChI is InChI=1S/C37H41N3O6/c1-9-26-31-25(34(46-22(4)41)21(3)35(43-7)36(31)44-8)17-28-32-30-24(16-27(39(32)5)29(18-38)40(26)28)15-20(2)33(42-6)37(30)45-19-23-13-11-10-12-14-23/h10-15,17,26-27,29,32H,9,16,19H2,1-8H3/t26-,27-,29-,32+/m0/s1. The summed E-state index contributed by atoms with van der Waals surface area (Å²) in [5.41, 5.74) is 7.39. The van der Waals surface area contributed by atoms with E-state index in [1.54, 1.807) is 21.3 Å². The Labute approximate surface area is 270 Å². The van der Waals surface area contributed by atoms with Gasteiger partial charge in [0.1, 0.15) is 18.4 Å². The van der Waals surface area contributed by atoms with Crippen molar-refractivity contribution >= 4 is 12.0 Å². The van der Waals surface area contributed by atoms with Gasteiger partial charge in [-0.2, -0.15) is 5.26 Å². The van der Waals surface area contributed by atoms with Gasteiger partial charge in [0.2, 0.25) is 0 Å². The summed E-state index contributed by atoms with van der Waals surface area (Å²) >= 11 is 0. The van der Waals surface area contributed by atoms with E-state index in [1.165, 1.54) is 6.92 Å². The van der Waals surface area contributed by atoms with Crippen molar-refractivity contribution in [2.45, 2.75) is 71.3 Å². The molecule has 3 aliphatic heterocycles. The van der Waals surface area contributed by atoms with Crippen LogP contribution in [0, 0.1) is 25.2 Å². The summed E-state index contributed by atoms with van der Waals surface area (Å²) in [4.78, 5) is 17.0. The number of hydrogen-bond acceptors (Lipinski definition) is 9. The highest BCUT2D eigenvalue weighted by Crippen LogP contribution is 2.59. The molecule has 1 fully saturated rings. The highest BCUT2D eigenvalue weighted by Gasteiger charge is 2.53. The van der Waals surface area contributed by atoms with Crippen LogP contribution in [0.15, 0.2) is 42.1 Å². The number of methoxy groups -OCH3 is 3. The molecule has 0 amide bonds. The monoisotopic (exact) mass is 623 g/mol. The minimum absolute atomic E-state index is 0.0868. The second-order valence-corrected chi connectivity index (χ2v) is 12.2. The summed E-state index contributed by atoms with van der Waals surface area (Å²) in [6, 6.07) is 13.9. The smallest absolute Gasteiger partial charge is 0.308 e. The van der Waals surface area contributed by atoms with E-state index in [2.05, 4.69) is 42.0 Å². The molecule has 0 N–H and O–H groups in total. The minimum Gasteiger partial charge on any atom is -0.493 e. The zero-order valence-corrected chi connectivity index (χ0v) is 27.8. The van der Waals surface area contributed by atoms with E-state index in [1.807, 2.05) is 44.2 Å². The van der Waals surface area contributed by atoms with Gasteiger partial charge in [-0.15, -0.1) is 0 Å². The third-order valence-corrected chi connectivity index (χ3v) is 9.65. The molecule has 9 heteroatoms. The van der Waals surface area contributed by atoms with Crippen LogP contribution in [0.25, 0.3) is 6.08 Å². The van der Waals surface area contributed by atoms with Crippen LogP contribution >= 0.6 is 0 Å². The van der Waals surface area contributed by atoms with Crippen LogP contribution in [0.3, 0.4) is 0 Å². The van der Waals surface area contributed by atoms with E-state index in [-0.39, 0.29) is 18.1 Å². The molecule has 4 atom stereocenters. The Morgan fingerprint density at radius 1 is 0.978 bits per heavy atom. The number of hydrogen-bond donors (Lipinski definition) is 0. The first-order valence-electron chi connectivity index (χ1n) is 15.7. The molecule has 9 nitrogen and oxygen atoms in total. The second-order valence-electron chi connectivity index (χ2n) is 12.2. The molecule has 3 aromatic rings. The molecule has 240 valence electrons.